The number of carbonyl (C=O) groups is 1. The second kappa shape index (κ2) is 9.09. The van der Waals surface area contributed by atoms with E-state index in [1.807, 2.05) is 23.0 Å². The molecule has 1 N–H and O–H groups in total. The van der Waals surface area contributed by atoms with Crippen molar-refractivity contribution < 1.29 is 19.0 Å². The third-order valence-electron chi connectivity index (χ3n) is 5.75. The summed E-state index contributed by atoms with van der Waals surface area (Å²) in [5.41, 5.74) is 2.24. The summed E-state index contributed by atoms with van der Waals surface area (Å²) in [6.45, 7) is 3.58. The van der Waals surface area contributed by atoms with Gasteiger partial charge in [0.15, 0.2) is 17.7 Å². The number of ether oxygens (including phenoxy) is 3. The van der Waals surface area contributed by atoms with Gasteiger partial charge in [-0.3, -0.25) is 5.32 Å². The molecule has 4 heterocycles. The number of nitrogens with zero attached hydrogens (tertiary/aromatic N) is 5. The molecule has 2 saturated heterocycles. The molecule has 10 nitrogen and oxygen atoms in total. The molecule has 0 radical (unpaired) electrons. The molecule has 2 aromatic heterocycles. The number of rotatable bonds is 4. The lowest BCUT2D eigenvalue weighted by atomic mass is 10.2. The molecule has 1 atom stereocenters. The zero-order valence-electron chi connectivity index (χ0n) is 18.0. The number of methoxy groups -OCH3 is 1. The van der Waals surface area contributed by atoms with Crippen LogP contribution in [0.5, 0.6) is 0 Å². The normalized spacial score (nSPS) is 19.2. The van der Waals surface area contributed by atoms with Crippen LogP contribution < -0.4 is 10.2 Å². The van der Waals surface area contributed by atoms with E-state index in [4.69, 9.17) is 19.4 Å². The van der Waals surface area contributed by atoms with Crippen LogP contribution in [0.2, 0.25) is 0 Å². The molecule has 5 rings (SSSR count). The Labute approximate surface area is 185 Å². The molecule has 0 spiro atoms. The monoisotopic (exact) mass is 438 g/mol. The molecule has 3 aromatic rings. The Morgan fingerprint density at radius 1 is 1.12 bits per heavy atom. The second-order valence-corrected chi connectivity index (χ2v) is 7.81. The van der Waals surface area contributed by atoms with Crippen molar-refractivity contribution in [3.63, 3.8) is 0 Å². The van der Waals surface area contributed by atoms with E-state index in [9.17, 15) is 4.79 Å². The number of benzene rings is 1. The molecule has 1 aromatic carbocycles. The Bertz CT molecular complexity index is 1090. The molecule has 0 aliphatic carbocycles. The van der Waals surface area contributed by atoms with Crippen molar-refractivity contribution >= 4 is 28.6 Å². The van der Waals surface area contributed by atoms with Gasteiger partial charge in [0.2, 0.25) is 0 Å². The average Bonchev–Trinajstić information content (AvgIpc) is 3.29. The third kappa shape index (κ3) is 4.11. The summed E-state index contributed by atoms with van der Waals surface area (Å²) in [4.78, 5) is 23.5. The predicted molar refractivity (Wildman–Crippen MR) is 119 cm³/mol. The Kier molecular flexibility index (Phi) is 5.87. The minimum absolute atomic E-state index is 0.117. The molecule has 2 aliphatic rings. The fourth-order valence-electron chi connectivity index (χ4n) is 4.05. The fraction of sp³-hybridized carbons (Fsp3) is 0.455. The van der Waals surface area contributed by atoms with E-state index in [0.717, 1.165) is 61.4 Å². The lowest BCUT2D eigenvalue weighted by Crippen LogP contribution is -2.37. The molecule has 10 heteroatoms. The fourth-order valence-corrected chi connectivity index (χ4v) is 4.05. The second-order valence-electron chi connectivity index (χ2n) is 7.81. The summed E-state index contributed by atoms with van der Waals surface area (Å²) in [5, 5.41) is 8.20. The maximum atomic E-state index is 11.5. The van der Waals surface area contributed by atoms with Gasteiger partial charge in [-0.05, 0) is 43.5 Å². The van der Waals surface area contributed by atoms with Gasteiger partial charge in [0.05, 0.1) is 31.9 Å². The number of hydrogen-bond acceptors (Lipinski definition) is 8. The highest BCUT2D eigenvalue weighted by molar-refractivity contribution is 5.89. The highest BCUT2D eigenvalue weighted by Gasteiger charge is 2.24. The van der Waals surface area contributed by atoms with Crippen molar-refractivity contribution in [1.82, 2.24) is 19.7 Å². The summed E-state index contributed by atoms with van der Waals surface area (Å²) in [6, 6.07) is 7.37. The van der Waals surface area contributed by atoms with Gasteiger partial charge in [-0.1, -0.05) is 0 Å². The first kappa shape index (κ1) is 20.7. The van der Waals surface area contributed by atoms with Crippen molar-refractivity contribution in [3.8, 4) is 11.4 Å². The molecular weight excluding hydrogens is 412 g/mol. The molecule has 0 saturated carbocycles. The van der Waals surface area contributed by atoms with Gasteiger partial charge in [0.25, 0.3) is 0 Å². The number of anilines is 2. The van der Waals surface area contributed by atoms with Crippen molar-refractivity contribution in [2.75, 3.05) is 50.2 Å². The van der Waals surface area contributed by atoms with Crippen LogP contribution in [-0.2, 0) is 14.2 Å². The van der Waals surface area contributed by atoms with Crippen LogP contribution in [0.25, 0.3) is 22.4 Å². The molecule has 2 fully saturated rings. The topological polar surface area (TPSA) is 104 Å². The van der Waals surface area contributed by atoms with Crippen LogP contribution in [0.4, 0.5) is 16.3 Å². The van der Waals surface area contributed by atoms with E-state index < -0.39 is 6.09 Å². The summed E-state index contributed by atoms with van der Waals surface area (Å²) < 4.78 is 18.0. The Morgan fingerprint density at radius 3 is 2.66 bits per heavy atom. The predicted octanol–water partition coefficient (Wildman–Crippen LogP) is 3.21. The average molecular weight is 438 g/mol. The van der Waals surface area contributed by atoms with E-state index in [-0.39, 0.29) is 6.23 Å². The Balaban J connectivity index is 1.56. The molecule has 0 bridgehead atoms. The Hall–Kier alpha value is -3.24. The number of aromatic nitrogens is 4. The number of carbonyl (C=O) groups excluding carboxylic acids is 1. The van der Waals surface area contributed by atoms with Crippen molar-refractivity contribution in [1.29, 1.82) is 0 Å². The van der Waals surface area contributed by atoms with E-state index in [1.54, 1.807) is 12.1 Å². The zero-order chi connectivity index (χ0) is 21.9. The summed E-state index contributed by atoms with van der Waals surface area (Å²) >= 11 is 0. The minimum Gasteiger partial charge on any atom is -0.453 e. The number of nitrogens with one attached hydrogen (secondary N) is 1. The van der Waals surface area contributed by atoms with Gasteiger partial charge in [0.1, 0.15) is 5.82 Å². The third-order valence-corrected chi connectivity index (χ3v) is 5.75. The van der Waals surface area contributed by atoms with Crippen LogP contribution in [-0.4, -0.2) is 65.9 Å². The largest absolute Gasteiger partial charge is 0.453 e. The van der Waals surface area contributed by atoms with Crippen LogP contribution in [0.1, 0.15) is 25.5 Å². The summed E-state index contributed by atoms with van der Waals surface area (Å²) in [6.07, 6.45) is 4.30. The standard InChI is InChI=1S/C22H26N6O4/c1-30-22(29)24-16-7-5-15(6-8-16)19-25-20(27-9-12-31-13-10-27)17-14-23-28(21(17)26-19)18-4-2-3-11-32-18/h5-8,14,18H,2-4,9-13H2,1H3,(H,24,29). The quantitative estimate of drug-likeness (QED) is 0.662. The first-order chi connectivity index (χ1) is 15.7. The van der Waals surface area contributed by atoms with Gasteiger partial charge in [-0.2, -0.15) is 5.10 Å². The Morgan fingerprint density at radius 2 is 1.94 bits per heavy atom. The smallest absolute Gasteiger partial charge is 0.411 e. The van der Waals surface area contributed by atoms with E-state index in [0.29, 0.717) is 24.7 Å². The van der Waals surface area contributed by atoms with Gasteiger partial charge < -0.3 is 19.1 Å². The van der Waals surface area contributed by atoms with Gasteiger partial charge in [-0.15, -0.1) is 0 Å². The van der Waals surface area contributed by atoms with Crippen LogP contribution >= 0.6 is 0 Å². The SMILES string of the molecule is COC(=O)Nc1ccc(-c2nc(N3CCOCC3)c3cnn(C4CCCCO4)c3n2)cc1. The number of fused-ring (bicyclic) bond motifs is 1. The minimum atomic E-state index is -0.513. The molecule has 168 valence electrons. The molecule has 1 unspecified atom stereocenters. The van der Waals surface area contributed by atoms with Crippen molar-refractivity contribution in [3.05, 3.63) is 30.5 Å². The van der Waals surface area contributed by atoms with Gasteiger partial charge >= 0.3 is 6.09 Å². The maximum absolute atomic E-state index is 11.5. The van der Waals surface area contributed by atoms with E-state index in [2.05, 4.69) is 20.1 Å². The maximum Gasteiger partial charge on any atom is 0.411 e. The lowest BCUT2D eigenvalue weighted by Gasteiger charge is -2.28. The molecule has 1 amide bonds. The highest BCUT2D eigenvalue weighted by Crippen LogP contribution is 2.32. The molecule has 32 heavy (non-hydrogen) atoms. The lowest BCUT2D eigenvalue weighted by molar-refractivity contribution is -0.0370. The van der Waals surface area contributed by atoms with Gasteiger partial charge in [0, 0.05) is 30.9 Å². The van der Waals surface area contributed by atoms with E-state index in [1.165, 1.54) is 7.11 Å². The number of morpholine rings is 1. The van der Waals surface area contributed by atoms with Crippen molar-refractivity contribution in [2.45, 2.75) is 25.5 Å². The van der Waals surface area contributed by atoms with Crippen LogP contribution in [0, 0.1) is 0 Å². The number of hydrogen-bond donors (Lipinski definition) is 1. The van der Waals surface area contributed by atoms with Crippen LogP contribution in [0.15, 0.2) is 30.5 Å². The summed E-state index contributed by atoms with van der Waals surface area (Å²) in [5.74, 6) is 1.45. The highest BCUT2D eigenvalue weighted by atomic mass is 16.5. The van der Waals surface area contributed by atoms with E-state index >= 15 is 0 Å². The zero-order valence-corrected chi connectivity index (χ0v) is 18.0. The summed E-state index contributed by atoms with van der Waals surface area (Å²) in [7, 11) is 1.33. The first-order valence-electron chi connectivity index (χ1n) is 10.9. The molecule has 2 aliphatic heterocycles. The van der Waals surface area contributed by atoms with Crippen molar-refractivity contribution in [2.24, 2.45) is 0 Å². The van der Waals surface area contributed by atoms with Crippen LogP contribution in [0.3, 0.4) is 0 Å². The van der Waals surface area contributed by atoms with Gasteiger partial charge in [-0.25, -0.2) is 19.4 Å². The first-order valence-corrected chi connectivity index (χ1v) is 10.9. The number of amides is 1. The molecular formula is C22H26N6O4.